The molecule has 0 bridgehead atoms. The van der Waals surface area contributed by atoms with E-state index in [1.165, 1.54) is 23.1 Å². The lowest BCUT2D eigenvalue weighted by atomic mass is 10.1. The number of nitrogens with zero attached hydrogens (tertiary/aromatic N) is 2. The molecule has 0 spiro atoms. The Morgan fingerprint density at radius 2 is 1.65 bits per heavy atom. The molecule has 7 nitrogen and oxygen atoms in total. The first-order valence-corrected chi connectivity index (χ1v) is 13.1. The summed E-state index contributed by atoms with van der Waals surface area (Å²) in [6, 6.07) is 10.2. The normalized spacial score (nSPS) is 13.1. The van der Waals surface area contributed by atoms with Crippen LogP contribution in [0.2, 0.25) is 0 Å². The van der Waals surface area contributed by atoms with Gasteiger partial charge in [0.05, 0.1) is 11.9 Å². The first kappa shape index (κ1) is 27.3. The number of carbonyl (C=O) groups is 2. The van der Waals surface area contributed by atoms with Crippen molar-refractivity contribution in [1.29, 1.82) is 0 Å². The van der Waals surface area contributed by atoms with Crippen LogP contribution >= 0.6 is 0 Å². The minimum absolute atomic E-state index is 0.108. The van der Waals surface area contributed by atoms with E-state index in [2.05, 4.69) is 5.32 Å². The monoisotopic (exact) mass is 491 g/mol. The van der Waals surface area contributed by atoms with Crippen LogP contribution in [0.4, 0.5) is 10.1 Å². The average molecular weight is 492 g/mol. The summed E-state index contributed by atoms with van der Waals surface area (Å²) >= 11 is 0. The molecule has 0 fully saturated rings. The third kappa shape index (κ3) is 7.28. The van der Waals surface area contributed by atoms with Gasteiger partial charge in [-0.2, -0.15) is 0 Å². The van der Waals surface area contributed by atoms with Gasteiger partial charge in [0.25, 0.3) is 0 Å². The van der Waals surface area contributed by atoms with Crippen LogP contribution < -0.4 is 9.62 Å². The SMILES string of the molecule is CC[C@H](C)NC(=O)[C@@H](C)N(Cc1ccccc1F)C(=O)CN(c1cc(C)cc(C)c1)S(C)(=O)=O. The summed E-state index contributed by atoms with van der Waals surface area (Å²) in [7, 11) is -3.82. The molecule has 0 aliphatic heterocycles. The van der Waals surface area contributed by atoms with E-state index in [4.69, 9.17) is 0 Å². The second-order valence-electron chi connectivity index (χ2n) is 8.72. The zero-order valence-electron chi connectivity index (χ0n) is 20.6. The zero-order chi connectivity index (χ0) is 25.6. The van der Waals surface area contributed by atoms with E-state index >= 15 is 0 Å². The van der Waals surface area contributed by atoms with Crippen LogP contribution in [0.25, 0.3) is 0 Å². The molecule has 0 aliphatic carbocycles. The fourth-order valence-corrected chi connectivity index (χ4v) is 4.40. The fourth-order valence-electron chi connectivity index (χ4n) is 3.57. The van der Waals surface area contributed by atoms with Crippen LogP contribution in [0.15, 0.2) is 42.5 Å². The molecule has 0 heterocycles. The van der Waals surface area contributed by atoms with Gasteiger partial charge in [-0.05, 0) is 63.4 Å². The Hall–Kier alpha value is -2.94. The number of halogens is 1. The van der Waals surface area contributed by atoms with Crippen molar-refractivity contribution >= 4 is 27.5 Å². The second-order valence-corrected chi connectivity index (χ2v) is 10.6. The molecule has 2 aromatic rings. The Bertz CT molecular complexity index is 1120. The predicted molar refractivity (Wildman–Crippen MR) is 132 cm³/mol. The van der Waals surface area contributed by atoms with Crippen molar-refractivity contribution in [3.63, 3.8) is 0 Å². The fraction of sp³-hybridized carbons (Fsp3) is 0.440. The van der Waals surface area contributed by atoms with Gasteiger partial charge in [0.2, 0.25) is 21.8 Å². The third-order valence-electron chi connectivity index (χ3n) is 5.64. The number of nitrogens with one attached hydrogen (secondary N) is 1. The van der Waals surface area contributed by atoms with Gasteiger partial charge in [-0.3, -0.25) is 13.9 Å². The summed E-state index contributed by atoms with van der Waals surface area (Å²) in [5.41, 5.74) is 2.29. The number of benzene rings is 2. The van der Waals surface area contributed by atoms with Gasteiger partial charge in [0.15, 0.2) is 0 Å². The third-order valence-corrected chi connectivity index (χ3v) is 6.78. The number of hydrogen-bond acceptors (Lipinski definition) is 4. The van der Waals surface area contributed by atoms with E-state index < -0.39 is 40.2 Å². The van der Waals surface area contributed by atoms with Gasteiger partial charge >= 0.3 is 0 Å². The summed E-state index contributed by atoms with van der Waals surface area (Å²) in [5.74, 6) is -1.51. The minimum atomic E-state index is -3.82. The molecule has 34 heavy (non-hydrogen) atoms. The maximum absolute atomic E-state index is 14.4. The number of aryl methyl sites for hydroxylation is 2. The highest BCUT2D eigenvalue weighted by Crippen LogP contribution is 2.22. The summed E-state index contributed by atoms with van der Waals surface area (Å²) < 4.78 is 40.7. The number of carbonyl (C=O) groups excluding carboxylic acids is 2. The lowest BCUT2D eigenvalue weighted by Gasteiger charge is -2.32. The van der Waals surface area contributed by atoms with Crippen LogP contribution in [0, 0.1) is 19.7 Å². The van der Waals surface area contributed by atoms with Crippen molar-refractivity contribution in [2.45, 2.75) is 59.7 Å². The van der Waals surface area contributed by atoms with Gasteiger partial charge in [-0.1, -0.05) is 31.2 Å². The molecule has 186 valence electrons. The van der Waals surface area contributed by atoms with E-state index in [-0.39, 0.29) is 18.2 Å². The molecule has 1 N–H and O–H groups in total. The van der Waals surface area contributed by atoms with Gasteiger partial charge < -0.3 is 10.2 Å². The topological polar surface area (TPSA) is 86.8 Å². The number of hydrogen-bond donors (Lipinski definition) is 1. The van der Waals surface area contributed by atoms with Gasteiger partial charge in [0, 0.05) is 18.2 Å². The van der Waals surface area contributed by atoms with Crippen molar-refractivity contribution in [2.75, 3.05) is 17.1 Å². The number of rotatable bonds is 10. The Labute approximate surface area is 202 Å². The highest BCUT2D eigenvalue weighted by atomic mass is 32.2. The maximum atomic E-state index is 14.4. The first-order valence-electron chi connectivity index (χ1n) is 11.2. The molecule has 9 heteroatoms. The van der Waals surface area contributed by atoms with Crippen molar-refractivity contribution in [3.8, 4) is 0 Å². The largest absolute Gasteiger partial charge is 0.352 e. The molecule has 0 aliphatic rings. The highest BCUT2D eigenvalue weighted by Gasteiger charge is 2.31. The van der Waals surface area contributed by atoms with Crippen molar-refractivity contribution in [1.82, 2.24) is 10.2 Å². The molecule has 2 atom stereocenters. The number of amides is 2. The minimum Gasteiger partial charge on any atom is -0.352 e. The number of sulfonamides is 1. The van der Waals surface area contributed by atoms with E-state index in [9.17, 15) is 22.4 Å². The highest BCUT2D eigenvalue weighted by molar-refractivity contribution is 7.92. The lowest BCUT2D eigenvalue weighted by molar-refractivity contribution is -0.139. The van der Waals surface area contributed by atoms with Crippen molar-refractivity contribution in [3.05, 3.63) is 65.0 Å². The molecule has 0 radical (unpaired) electrons. The van der Waals surface area contributed by atoms with E-state index in [1.807, 2.05) is 33.8 Å². The molecule has 0 unspecified atom stereocenters. The molecular formula is C25H34FN3O4S. The average Bonchev–Trinajstić information content (AvgIpc) is 2.74. The Kier molecular flexibility index (Phi) is 9.21. The number of anilines is 1. The zero-order valence-corrected chi connectivity index (χ0v) is 21.4. The van der Waals surface area contributed by atoms with Gasteiger partial charge in [0.1, 0.15) is 18.4 Å². The molecule has 2 aromatic carbocycles. The van der Waals surface area contributed by atoms with Crippen LogP contribution in [0.3, 0.4) is 0 Å². The van der Waals surface area contributed by atoms with E-state index in [0.29, 0.717) is 12.1 Å². The van der Waals surface area contributed by atoms with Gasteiger partial charge in [-0.25, -0.2) is 12.8 Å². The van der Waals surface area contributed by atoms with Crippen LogP contribution in [-0.2, 0) is 26.2 Å². The quantitative estimate of drug-likeness (QED) is 0.551. The molecule has 2 rings (SSSR count). The van der Waals surface area contributed by atoms with Crippen molar-refractivity contribution < 1.29 is 22.4 Å². The summed E-state index contributed by atoms with van der Waals surface area (Å²) in [6.45, 7) is 8.31. The molecule has 0 aromatic heterocycles. The summed E-state index contributed by atoms with van der Waals surface area (Å²) in [5, 5.41) is 2.84. The van der Waals surface area contributed by atoms with Crippen LogP contribution in [-0.4, -0.2) is 50.0 Å². The maximum Gasteiger partial charge on any atom is 0.244 e. The van der Waals surface area contributed by atoms with Crippen LogP contribution in [0.5, 0.6) is 0 Å². The van der Waals surface area contributed by atoms with E-state index in [0.717, 1.165) is 21.7 Å². The first-order chi connectivity index (χ1) is 15.8. The standard InChI is InChI=1S/C25H34FN3O4S/c1-7-19(4)27-25(31)20(5)28(15-21-10-8-9-11-23(21)26)24(30)16-29(34(6,32)33)22-13-17(2)12-18(3)14-22/h8-14,19-20H,7,15-16H2,1-6H3,(H,27,31)/t19-,20+/m0/s1. The Morgan fingerprint density at radius 1 is 1.06 bits per heavy atom. The van der Waals surface area contributed by atoms with Crippen molar-refractivity contribution in [2.24, 2.45) is 0 Å². The molecular weight excluding hydrogens is 457 g/mol. The predicted octanol–water partition coefficient (Wildman–Crippen LogP) is 3.54. The smallest absolute Gasteiger partial charge is 0.244 e. The molecule has 2 amide bonds. The molecule has 0 saturated carbocycles. The van der Waals surface area contributed by atoms with E-state index in [1.54, 1.807) is 25.1 Å². The summed E-state index contributed by atoms with van der Waals surface area (Å²) in [4.78, 5) is 27.5. The lowest BCUT2D eigenvalue weighted by Crippen LogP contribution is -2.52. The van der Waals surface area contributed by atoms with Crippen LogP contribution in [0.1, 0.15) is 43.9 Å². The Balaban J connectivity index is 2.43. The molecule has 0 saturated heterocycles. The van der Waals surface area contributed by atoms with Gasteiger partial charge in [-0.15, -0.1) is 0 Å². The Morgan fingerprint density at radius 3 is 2.18 bits per heavy atom. The summed E-state index contributed by atoms with van der Waals surface area (Å²) in [6.07, 6.45) is 1.73. The second kappa shape index (κ2) is 11.5.